The summed E-state index contributed by atoms with van der Waals surface area (Å²) in [6.07, 6.45) is 0. The van der Waals surface area contributed by atoms with Gasteiger partial charge in [-0.25, -0.2) is 0 Å². The Morgan fingerprint density at radius 1 is 1.42 bits per heavy atom. The highest BCUT2D eigenvalue weighted by molar-refractivity contribution is 6.05. The Labute approximate surface area is 110 Å². The second kappa shape index (κ2) is 5.01. The van der Waals surface area contributed by atoms with Crippen LogP contribution in [0.25, 0.3) is 0 Å². The van der Waals surface area contributed by atoms with E-state index in [9.17, 15) is 9.90 Å². The van der Waals surface area contributed by atoms with Gasteiger partial charge in [0.2, 0.25) is 0 Å². The number of phenolic OH excluding ortho intramolecular Hbond substituents is 1. The van der Waals surface area contributed by atoms with E-state index in [2.05, 4.69) is 10.4 Å². The van der Waals surface area contributed by atoms with Crippen molar-refractivity contribution in [2.24, 2.45) is 7.05 Å². The number of aromatic nitrogens is 2. The zero-order chi connectivity index (χ0) is 14.0. The van der Waals surface area contributed by atoms with Crippen molar-refractivity contribution in [3.05, 3.63) is 35.5 Å². The smallest absolute Gasteiger partial charge is 0.260 e. The zero-order valence-electron chi connectivity index (χ0n) is 11.0. The van der Waals surface area contributed by atoms with Crippen LogP contribution in [0.2, 0.25) is 0 Å². The lowest BCUT2D eigenvalue weighted by molar-refractivity contribution is 0.102. The summed E-state index contributed by atoms with van der Waals surface area (Å²) in [5.41, 5.74) is 0.983. The Morgan fingerprint density at radius 3 is 2.68 bits per heavy atom. The lowest BCUT2D eigenvalue weighted by Crippen LogP contribution is -2.14. The van der Waals surface area contributed by atoms with E-state index in [0.717, 1.165) is 5.69 Å². The number of carbonyl (C=O) groups excluding carboxylic acids is 1. The van der Waals surface area contributed by atoms with Gasteiger partial charge in [0, 0.05) is 19.2 Å². The van der Waals surface area contributed by atoms with Gasteiger partial charge in [-0.15, -0.1) is 0 Å². The van der Waals surface area contributed by atoms with Gasteiger partial charge in [0.1, 0.15) is 17.3 Å². The predicted molar refractivity (Wildman–Crippen MR) is 70.6 cm³/mol. The summed E-state index contributed by atoms with van der Waals surface area (Å²) in [4.78, 5) is 12.0. The minimum atomic E-state index is -0.400. The van der Waals surface area contributed by atoms with Gasteiger partial charge in [-0.05, 0) is 19.1 Å². The first-order chi connectivity index (χ1) is 9.01. The number of methoxy groups -OCH3 is 1. The van der Waals surface area contributed by atoms with E-state index in [1.54, 1.807) is 23.9 Å². The Balaban J connectivity index is 2.23. The van der Waals surface area contributed by atoms with Gasteiger partial charge in [-0.2, -0.15) is 5.10 Å². The Hall–Kier alpha value is -2.50. The number of hydrogen-bond donors (Lipinski definition) is 2. The van der Waals surface area contributed by atoms with Crippen LogP contribution in [0.3, 0.4) is 0 Å². The lowest BCUT2D eigenvalue weighted by Gasteiger charge is -2.08. The second-order valence-electron chi connectivity index (χ2n) is 4.13. The van der Waals surface area contributed by atoms with Gasteiger partial charge in [0.25, 0.3) is 5.91 Å². The van der Waals surface area contributed by atoms with E-state index in [1.807, 2.05) is 6.92 Å². The minimum Gasteiger partial charge on any atom is -0.507 e. The molecule has 0 fully saturated rings. The third-order valence-electron chi connectivity index (χ3n) is 2.69. The van der Waals surface area contributed by atoms with Crippen LogP contribution >= 0.6 is 0 Å². The molecule has 0 spiro atoms. The normalized spacial score (nSPS) is 10.3. The quantitative estimate of drug-likeness (QED) is 0.881. The van der Waals surface area contributed by atoms with Gasteiger partial charge in [-0.1, -0.05) is 0 Å². The molecule has 0 aliphatic carbocycles. The molecule has 6 heteroatoms. The molecule has 2 N–H and O–H groups in total. The number of hydrogen-bond acceptors (Lipinski definition) is 4. The molecule has 2 aromatic rings. The monoisotopic (exact) mass is 261 g/mol. The molecule has 1 aromatic heterocycles. The van der Waals surface area contributed by atoms with Gasteiger partial charge in [0.15, 0.2) is 0 Å². The van der Waals surface area contributed by atoms with Crippen molar-refractivity contribution in [1.29, 1.82) is 0 Å². The summed E-state index contributed by atoms with van der Waals surface area (Å²) in [5, 5.41) is 16.6. The zero-order valence-corrected chi connectivity index (χ0v) is 11.0. The number of rotatable bonds is 3. The number of aryl methyl sites for hydroxylation is 2. The maximum atomic E-state index is 12.0. The second-order valence-corrected chi connectivity index (χ2v) is 4.13. The van der Waals surface area contributed by atoms with E-state index in [1.165, 1.54) is 19.2 Å². The highest BCUT2D eigenvalue weighted by atomic mass is 16.5. The first-order valence-corrected chi connectivity index (χ1v) is 5.70. The van der Waals surface area contributed by atoms with Crippen molar-refractivity contribution in [2.45, 2.75) is 6.92 Å². The Bertz CT molecular complexity index is 620. The third kappa shape index (κ3) is 2.67. The molecule has 0 aliphatic heterocycles. The number of ether oxygens (including phenoxy) is 1. The van der Waals surface area contributed by atoms with E-state index in [0.29, 0.717) is 11.6 Å². The number of aromatic hydroxyl groups is 1. The lowest BCUT2D eigenvalue weighted by atomic mass is 10.2. The molecule has 0 radical (unpaired) electrons. The summed E-state index contributed by atoms with van der Waals surface area (Å²) >= 11 is 0. The molecule has 0 unspecified atom stereocenters. The standard InChI is InChI=1S/C13H15N3O3/c1-8-6-12(16(2)15-8)14-13(18)10-5-4-9(19-3)7-11(10)17/h4-7,17H,1-3H3,(H,14,18). The average molecular weight is 261 g/mol. The maximum Gasteiger partial charge on any atom is 0.260 e. The average Bonchev–Trinajstić information content (AvgIpc) is 2.67. The Morgan fingerprint density at radius 2 is 2.16 bits per heavy atom. The summed E-state index contributed by atoms with van der Waals surface area (Å²) in [6, 6.07) is 6.26. The summed E-state index contributed by atoms with van der Waals surface area (Å²) in [5.74, 6) is 0.530. The molecular formula is C13H15N3O3. The highest BCUT2D eigenvalue weighted by Crippen LogP contribution is 2.24. The van der Waals surface area contributed by atoms with Crippen LogP contribution in [0.1, 0.15) is 16.1 Å². The largest absolute Gasteiger partial charge is 0.507 e. The van der Waals surface area contributed by atoms with E-state index in [-0.39, 0.29) is 11.3 Å². The summed E-state index contributed by atoms with van der Waals surface area (Å²) < 4.78 is 6.53. The van der Waals surface area contributed by atoms with Crippen molar-refractivity contribution >= 4 is 11.7 Å². The summed E-state index contributed by atoms with van der Waals surface area (Å²) in [6.45, 7) is 1.83. The molecule has 1 aromatic carbocycles. The molecule has 0 atom stereocenters. The SMILES string of the molecule is COc1ccc(C(=O)Nc2cc(C)nn2C)c(O)c1. The topological polar surface area (TPSA) is 76.4 Å². The van der Waals surface area contributed by atoms with Crippen LogP contribution in [0.5, 0.6) is 11.5 Å². The predicted octanol–water partition coefficient (Wildman–Crippen LogP) is 1.70. The molecular weight excluding hydrogens is 246 g/mol. The Kier molecular flexibility index (Phi) is 3.41. The molecule has 100 valence electrons. The number of anilines is 1. The molecule has 0 saturated heterocycles. The highest BCUT2D eigenvalue weighted by Gasteiger charge is 2.14. The van der Waals surface area contributed by atoms with Gasteiger partial charge in [0.05, 0.1) is 18.4 Å². The fourth-order valence-corrected chi connectivity index (χ4v) is 1.74. The van der Waals surface area contributed by atoms with Crippen LogP contribution < -0.4 is 10.1 Å². The van der Waals surface area contributed by atoms with Crippen molar-refractivity contribution < 1.29 is 14.6 Å². The van der Waals surface area contributed by atoms with Crippen molar-refractivity contribution in [3.8, 4) is 11.5 Å². The first kappa shape index (κ1) is 12.9. The molecule has 0 bridgehead atoms. The fourth-order valence-electron chi connectivity index (χ4n) is 1.74. The summed E-state index contributed by atoms with van der Waals surface area (Å²) in [7, 11) is 3.23. The van der Waals surface area contributed by atoms with Crippen LogP contribution in [0.15, 0.2) is 24.3 Å². The van der Waals surface area contributed by atoms with Crippen LogP contribution in [0, 0.1) is 6.92 Å². The van der Waals surface area contributed by atoms with Gasteiger partial charge in [-0.3, -0.25) is 9.48 Å². The number of nitrogens with zero attached hydrogens (tertiary/aromatic N) is 2. The fraction of sp³-hybridized carbons (Fsp3) is 0.231. The molecule has 0 saturated carbocycles. The maximum absolute atomic E-state index is 12.0. The molecule has 1 amide bonds. The number of amides is 1. The number of phenols is 1. The van der Waals surface area contributed by atoms with Crippen molar-refractivity contribution in [3.63, 3.8) is 0 Å². The molecule has 1 heterocycles. The van der Waals surface area contributed by atoms with Gasteiger partial charge < -0.3 is 15.2 Å². The van der Waals surface area contributed by atoms with Crippen LogP contribution in [-0.4, -0.2) is 27.9 Å². The van der Waals surface area contributed by atoms with Crippen molar-refractivity contribution in [2.75, 3.05) is 12.4 Å². The molecule has 2 rings (SSSR count). The first-order valence-electron chi connectivity index (χ1n) is 5.70. The number of carbonyl (C=O) groups is 1. The van der Waals surface area contributed by atoms with E-state index < -0.39 is 5.91 Å². The number of nitrogens with one attached hydrogen (secondary N) is 1. The van der Waals surface area contributed by atoms with E-state index in [4.69, 9.17) is 4.74 Å². The minimum absolute atomic E-state index is 0.129. The molecule has 6 nitrogen and oxygen atoms in total. The molecule has 19 heavy (non-hydrogen) atoms. The van der Waals surface area contributed by atoms with Crippen LogP contribution in [0.4, 0.5) is 5.82 Å². The molecule has 0 aliphatic rings. The third-order valence-corrected chi connectivity index (χ3v) is 2.69. The van der Waals surface area contributed by atoms with Gasteiger partial charge >= 0.3 is 0 Å². The number of benzene rings is 1. The van der Waals surface area contributed by atoms with Crippen molar-refractivity contribution in [1.82, 2.24) is 9.78 Å². The van der Waals surface area contributed by atoms with E-state index >= 15 is 0 Å². The van der Waals surface area contributed by atoms with Crippen LogP contribution in [-0.2, 0) is 7.05 Å².